The van der Waals surface area contributed by atoms with Gasteiger partial charge < -0.3 is 11.1 Å². The van der Waals surface area contributed by atoms with Crippen LogP contribution in [0.4, 0.5) is 11.4 Å². The highest BCUT2D eigenvalue weighted by atomic mass is 79.9. The van der Waals surface area contributed by atoms with Crippen molar-refractivity contribution in [2.75, 3.05) is 11.1 Å². The molecule has 0 atom stereocenters. The van der Waals surface area contributed by atoms with Crippen molar-refractivity contribution in [3.63, 3.8) is 0 Å². The smallest absolute Gasteiger partial charge is 0.211 e. The molecule has 18 heavy (non-hydrogen) atoms. The van der Waals surface area contributed by atoms with Crippen molar-refractivity contribution < 1.29 is 4.79 Å². The molecule has 0 bridgehead atoms. The lowest BCUT2D eigenvalue weighted by Crippen LogP contribution is -1.92. The number of nitrogen functional groups attached to an aromatic ring is 1. The van der Waals surface area contributed by atoms with Crippen molar-refractivity contribution in [3.05, 3.63) is 57.5 Å². The van der Waals surface area contributed by atoms with Gasteiger partial charge in [0.15, 0.2) is 0 Å². The second-order valence-corrected chi connectivity index (χ2v) is 5.16. The molecule has 2 rings (SSSR count). The molecule has 0 radical (unpaired) electrons. The third-order valence-corrected chi connectivity index (χ3v) is 2.89. The number of halogens is 2. The van der Waals surface area contributed by atoms with Crippen LogP contribution in [0.25, 0.3) is 0 Å². The summed E-state index contributed by atoms with van der Waals surface area (Å²) in [4.78, 5) is 9.96. The van der Waals surface area contributed by atoms with Gasteiger partial charge in [-0.15, -0.1) is 0 Å². The molecule has 0 aliphatic rings. The molecule has 3 N–H and O–H groups in total. The number of hydrogen-bond acceptors (Lipinski definition) is 2. The van der Waals surface area contributed by atoms with E-state index in [2.05, 4.69) is 37.2 Å². The van der Waals surface area contributed by atoms with Crippen molar-refractivity contribution in [2.45, 2.75) is 0 Å². The average Bonchev–Trinajstić information content (AvgIpc) is 2.30. The van der Waals surface area contributed by atoms with Gasteiger partial charge in [0, 0.05) is 20.3 Å². The summed E-state index contributed by atoms with van der Waals surface area (Å²) in [5.41, 5.74) is 7.02. The normalized spacial score (nSPS) is 9.00. The quantitative estimate of drug-likeness (QED) is 0.618. The molecule has 1 amide bonds. The molecule has 0 saturated heterocycles. The zero-order valence-corrected chi connectivity index (χ0v) is 12.6. The maximum absolute atomic E-state index is 9.96. The second-order valence-electron chi connectivity index (χ2n) is 3.33. The molecule has 3 nitrogen and oxygen atoms in total. The summed E-state index contributed by atoms with van der Waals surface area (Å²) in [6, 6.07) is 15.0. The van der Waals surface area contributed by atoms with Crippen molar-refractivity contribution in [2.24, 2.45) is 0 Å². The van der Waals surface area contributed by atoms with Crippen LogP contribution in [0.1, 0.15) is 0 Å². The van der Waals surface area contributed by atoms with E-state index in [1.165, 1.54) is 0 Å². The molecule has 94 valence electrons. The van der Waals surface area contributed by atoms with Gasteiger partial charge in [-0.1, -0.05) is 44.0 Å². The van der Waals surface area contributed by atoms with E-state index < -0.39 is 0 Å². The summed E-state index contributed by atoms with van der Waals surface area (Å²) in [7, 11) is 0. The fourth-order valence-electron chi connectivity index (χ4n) is 1.15. The molecule has 5 heteroatoms. The van der Waals surface area contributed by atoms with Crippen LogP contribution < -0.4 is 11.1 Å². The minimum atomic E-state index is 0.655. The standard InChI is InChI=1S/C7H6BrNO.C6H6BrN/c8-6-2-1-3-7(4-6)9-5-10;7-5-2-1-3-6(8)4-5/h1-5H,(H,9,10);1-4H,8H2. The summed E-state index contributed by atoms with van der Waals surface area (Å²) < 4.78 is 1.98. The van der Waals surface area contributed by atoms with Crippen LogP contribution in [0.3, 0.4) is 0 Å². The number of amides is 1. The summed E-state index contributed by atoms with van der Waals surface area (Å²) in [5, 5.41) is 2.54. The van der Waals surface area contributed by atoms with Gasteiger partial charge in [0.25, 0.3) is 0 Å². The number of carbonyl (C=O) groups is 1. The first-order valence-electron chi connectivity index (χ1n) is 5.08. The van der Waals surface area contributed by atoms with Gasteiger partial charge in [-0.3, -0.25) is 4.79 Å². The predicted octanol–water partition coefficient (Wildman–Crippen LogP) is 4.05. The molecule has 0 spiro atoms. The zero-order valence-electron chi connectivity index (χ0n) is 9.44. The molecule has 0 unspecified atom stereocenters. The number of benzene rings is 2. The zero-order chi connectivity index (χ0) is 13.4. The lowest BCUT2D eigenvalue weighted by Gasteiger charge is -1.96. The van der Waals surface area contributed by atoms with E-state index in [1.807, 2.05) is 48.5 Å². The molecule has 0 fully saturated rings. The van der Waals surface area contributed by atoms with E-state index in [9.17, 15) is 4.79 Å². The fourth-order valence-corrected chi connectivity index (χ4v) is 1.97. The Morgan fingerprint density at radius 1 is 1.00 bits per heavy atom. The Hall–Kier alpha value is -1.33. The van der Waals surface area contributed by atoms with Gasteiger partial charge in [-0.2, -0.15) is 0 Å². The summed E-state index contributed by atoms with van der Waals surface area (Å²) in [6.45, 7) is 0. The Kier molecular flexibility index (Phi) is 6.46. The topological polar surface area (TPSA) is 55.1 Å². The monoisotopic (exact) mass is 370 g/mol. The van der Waals surface area contributed by atoms with Gasteiger partial charge in [0.1, 0.15) is 0 Å². The highest BCUT2D eigenvalue weighted by Crippen LogP contribution is 2.14. The van der Waals surface area contributed by atoms with E-state index >= 15 is 0 Å². The van der Waals surface area contributed by atoms with Gasteiger partial charge in [-0.25, -0.2) is 0 Å². The third-order valence-electron chi connectivity index (χ3n) is 1.90. The van der Waals surface area contributed by atoms with Gasteiger partial charge in [-0.05, 0) is 36.4 Å². The molecule has 2 aromatic carbocycles. The highest BCUT2D eigenvalue weighted by Gasteiger charge is 1.88. The van der Waals surface area contributed by atoms with Crippen LogP contribution in [0.2, 0.25) is 0 Å². The minimum absolute atomic E-state index is 0.655. The van der Waals surface area contributed by atoms with Crippen LogP contribution in [-0.2, 0) is 4.79 Å². The van der Waals surface area contributed by atoms with E-state index in [1.54, 1.807) is 0 Å². The Labute approximate surface area is 123 Å². The number of anilines is 2. The summed E-state index contributed by atoms with van der Waals surface area (Å²) in [6.07, 6.45) is 0.655. The predicted molar refractivity (Wildman–Crippen MR) is 82.4 cm³/mol. The van der Waals surface area contributed by atoms with Crippen molar-refractivity contribution in [1.82, 2.24) is 0 Å². The molecule has 0 heterocycles. The van der Waals surface area contributed by atoms with E-state index in [0.29, 0.717) is 6.41 Å². The SMILES string of the molecule is Nc1cccc(Br)c1.O=CNc1cccc(Br)c1. The Balaban J connectivity index is 0.000000184. The molecular weight excluding hydrogens is 360 g/mol. The van der Waals surface area contributed by atoms with E-state index in [-0.39, 0.29) is 0 Å². The molecule has 0 aromatic heterocycles. The van der Waals surface area contributed by atoms with E-state index in [4.69, 9.17) is 5.73 Å². The molecule has 0 aliphatic heterocycles. The second kappa shape index (κ2) is 7.89. The number of carbonyl (C=O) groups excluding carboxylic acids is 1. The fraction of sp³-hybridized carbons (Fsp3) is 0. The lowest BCUT2D eigenvalue weighted by molar-refractivity contribution is -0.105. The number of nitrogens with two attached hydrogens (primary N) is 1. The maximum Gasteiger partial charge on any atom is 0.211 e. The Morgan fingerprint density at radius 2 is 1.61 bits per heavy atom. The largest absolute Gasteiger partial charge is 0.399 e. The van der Waals surface area contributed by atoms with Crippen LogP contribution in [0.5, 0.6) is 0 Å². The summed E-state index contributed by atoms with van der Waals surface area (Å²) >= 11 is 6.56. The van der Waals surface area contributed by atoms with Crippen LogP contribution in [0, 0.1) is 0 Å². The van der Waals surface area contributed by atoms with Crippen molar-refractivity contribution >= 4 is 49.6 Å². The Morgan fingerprint density at radius 3 is 2.06 bits per heavy atom. The highest BCUT2D eigenvalue weighted by molar-refractivity contribution is 9.10. The molecule has 2 aromatic rings. The number of hydrogen-bond donors (Lipinski definition) is 2. The van der Waals surface area contributed by atoms with E-state index in [0.717, 1.165) is 20.3 Å². The number of rotatable bonds is 2. The maximum atomic E-state index is 9.96. The lowest BCUT2D eigenvalue weighted by atomic mass is 10.3. The van der Waals surface area contributed by atoms with Crippen LogP contribution >= 0.6 is 31.9 Å². The first kappa shape index (κ1) is 14.7. The Bertz CT molecular complexity index is 501. The average molecular weight is 372 g/mol. The molecule has 0 aliphatic carbocycles. The van der Waals surface area contributed by atoms with Gasteiger partial charge in [0.05, 0.1) is 0 Å². The first-order valence-corrected chi connectivity index (χ1v) is 6.67. The third kappa shape index (κ3) is 5.84. The van der Waals surface area contributed by atoms with Crippen molar-refractivity contribution in [3.8, 4) is 0 Å². The first-order chi connectivity index (χ1) is 8.61. The molecular formula is C13H12Br2N2O. The number of nitrogens with one attached hydrogen (secondary N) is 1. The van der Waals surface area contributed by atoms with Gasteiger partial charge >= 0.3 is 0 Å². The van der Waals surface area contributed by atoms with Crippen LogP contribution in [0.15, 0.2) is 57.5 Å². The van der Waals surface area contributed by atoms with Crippen molar-refractivity contribution in [1.29, 1.82) is 0 Å². The molecule has 0 saturated carbocycles. The summed E-state index contributed by atoms with van der Waals surface area (Å²) in [5.74, 6) is 0. The van der Waals surface area contributed by atoms with Crippen LogP contribution in [-0.4, -0.2) is 6.41 Å². The van der Waals surface area contributed by atoms with Gasteiger partial charge in [0.2, 0.25) is 6.41 Å². The minimum Gasteiger partial charge on any atom is -0.399 e.